The van der Waals surface area contributed by atoms with Crippen molar-refractivity contribution in [1.29, 1.82) is 0 Å². The number of aromatic nitrogens is 2. The molecule has 2 rings (SSSR count). The second-order valence-corrected chi connectivity index (χ2v) is 5.29. The molecule has 2 N–H and O–H groups in total. The van der Waals surface area contributed by atoms with Crippen LogP contribution in [0.2, 0.25) is 4.34 Å². The number of rotatable bonds is 5. The first-order valence-corrected chi connectivity index (χ1v) is 6.40. The number of nitrogens with one attached hydrogen (secondary N) is 1. The molecule has 2 aromatic heterocycles. The molecule has 0 aromatic carbocycles. The number of carbonyl (C=O) groups is 1. The van der Waals surface area contributed by atoms with Crippen LogP contribution in [0, 0.1) is 0 Å². The van der Waals surface area contributed by atoms with E-state index in [1.54, 1.807) is 17.4 Å². The molecule has 2 aromatic rings. The van der Waals surface area contributed by atoms with Gasteiger partial charge in [0.25, 0.3) is 0 Å². The molecule has 2 heterocycles. The van der Waals surface area contributed by atoms with E-state index in [1.165, 1.54) is 10.9 Å². The van der Waals surface area contributed by atoms with Crippen molar-refractivity contribution in [3.63, 3.8) is 0 Å². The number of nitrogens with zero attached hydrogens (tertiary/aromatic N) is 2. The van der Waals surface area contributed by atoms with Crippen LogP contribution in [0.5, 0.6) is 0 Å². The number of carboxylic acid groups (broad SMARTS) is 1. The van der Waals surface area contributed by atoms with Gasteiger partial charge in [-0.3, -0.25) is 0 Å². The summed E-state index contributed by atoms with van der Waals surface area (Å²) in [5.74, 6) is -0.523. The largest absolute Gasteiger partial charge is 0.476 e. The lowest BCUT2D eigenvalue weighted by Gasteiger charge is -2.03. The normalized spacial score (nSPS) is 10.3. The molecule has 0 unspecified atom stereocenters. The van der Waals surface area contributed by atoms with E-state index in [2.05, 4.69) is 15.5 Å². The minimum atomic E-state index is -1.08. The molecule has 0 saturated heterocycles. The van der Waals surface area contributed by atoms with E-state index in [4.69, 9.17) is 16.7 Å². The van der Waals surface area contributed by atoms with Crippen LogP contribution in [-0.2, 0) is 6.42 Å². The fraction of sp³-hybridized carbons (Fsp3) is 0.182. The van der Waals surface area contributed by atoms with E-state index in [-0.39, 0.29) is 5.69 Å². The summed E-state index contributed by atoms with van der Waals surface area (Å²) in [5, 5.41) is 19.1. The Morgan fingerprint density at radius 2 is 2.17 bits per heavy atom. The van der Waals surface area contributed by atoms with Gasteiger partial charge >= 0.3 is 5.97 Å². The molecule has 18 heavy (non-hydrogen) atoms. The molecule has 0 aliphatic heterocycles. The number of aromatic carboxylic acids is 1. The molecule has 0 bridgehead atoms. The van der Waals surface area contributed by atoms with Crippen molar-refractivity contribution >= 4 is 34.7 Å². The van der Waals surface area contributed by atoms with Gasteiger partial charge in [0.2, 0.25) is 0 Å². The van der Waals surface area contributed by atoms with E-state index in [0.29, 0.717) is 12.4 Å². The van der Waals surface area contributed by atoms with Gasteiger partial charge in [-0.2, -0.15) is 0 Å². The van der Waals surface area contributed by atoms with Crippen molar-refractivity contribution in [2.45, 2.75) is 6.42 Å². The van der Waals surface area contributed by atoms with E-state index in [1.807, 2.05) is 12.1 Å². The molecule has 0 spiro atoms. The molecular formula is C11H10ClN3O2S. The average Bonchev–Trinajstić information content (AvgIpc) is 2.76. The van der Waals surface area contributed by atoms with Crippen molar-refractivity contribution in [2.24, 2.45) is 0 Å². The summed E-state index contributed by atoms with van der Waals surface area (Å²) < 4.78 is 0.774. The van der Waals surface area contributed by atoms with E-state index >= 15 is 0 Å². The molecule has 0 aliphatic carbocycles. The van der Waals surface area contributed by atoms with Gasteiger partial charge in [0.05, 0.1) is 4.34 Å². The van der Waals surface area contributed by atoms with Gasteiger partial charge in [-0.1, -0.05) is 11.6 Å². The maximum Gasteiger partial charge on any atom is 0.356 e. The fourth-order valence-electron chi connectivity index (χ4n) is 1.34. The van der Waals surface area contributed by atoms with Crippen molar-refractivity contribution in [3.05, 3.63) is 39.2 Å². The standard InChI is InChI=1S/C11H10ClN3O2S/c12-9-3-1-7(18-9)5-6-13-10-4-2-8(11(16)17)14-15-10/h1-4H,5-6H2,(H,13,15)(H,16,17). The maximum atomic E-state index is 10.6. The number of hydrogen-bond acceptors (Lipinski definition) is 5. The highest BCUT2D eigenvalue weighted by Gasteiger charge is 2.04. The molecule has 0 aliphatic rings. The molecule has 0 saturated carbocycles. The third kappa shape index (κ3) is 3.41. The zero-order valence-electron chi connectivity index (χ0n) is 9.26. The van der Waals surface area contributed by atoms with E-state index < -0.39 is 5.97 Å². The monoisotopic (exact) mass is 283 g/mol. The van der Waals surface area contributed by atoms with Gasteiger partial charge in [0, 0.05) is 11.4 Å². The summed E-state index contributed by atoms with van der Waals surface area (Å²) in [5.41, 5.74) is -0.0643. The smallest absolute Gasteiger partial charge is 0.356 e. The van der Waals surface area contributed by atoms with Crippen molar-refractivity contribution in [2.75, 3.05) is 11.9 Å². The van der Waals surface area contributed by atoms with Gasteiger partial charge in [0.1, 0.15) is 5.82 Å². The Labute approximate surface area is 112 Å². The van der Waals surface area contributed by atoms with Gasteiger partial charge < -0.3 is 10.4 Å². The summed E-state index contributed by atoms with van der Waals surface area (Å²) in [6.07, 6.45) is 0.833. The molecule has 0 atom stereocenters. The van der Waals surface area contributed by atoms with Crippen LogP contribution in [0.15, 0.2) is 24.3 Å². The number of anilines is 1. The van der Waals surface area contributed by atoms with Crippen LogP contribution in [0.4, 0.5) is 5.82 Å². The van der Waals surface area contributed by atoms with Crippen LogP contribution in [-0.4, -0.2) is 27.8 Å². The van der Waals surface area contributed by atoms with Crippen LogP contribution < -0.4 is 5.32 Å². The second kappa shape index (κ2) is 5.79. The van der Waals surface area contributed by atoms with Gasteiger partial charge in [-0.25, -0.2) is 4.79 Å². The molecule has 0 amide bonds. The van der Waals surface area contributed by atoms with Crippen LogP contribution in [0.25, 0.3) is 0 Å². The number of thiophene rings is 1. The predicted octanol–water partition coefficient (Wildman–Crippen LogP) is 2.54. The van der Waals surface area contributed by atoms with Crippen molar-refractivity contribution in [3.8, 4) is 0 Å². The topological polar surface area (TPSA) is 75.1 Å². The Balaban J connectivity index is 1.85. The van der Waals surface area contributed by atoms with Crippen LogP contribution in [0.1, 0.15) is 15.4 Å². The Hall–Kier alpha value is -1.66. The van der Waals surface area contributed by atoms with Crippen molar-refractivity contribution < 1.29 is 9.90 Å². The highest BCUT2D eigenvalue weighted by Crippen LogP contribution is 2.21. The Kier molecular flexibility index (Phi) is 4.11. The summed E-state index contributed by atoms with van der Waals surface area (Å²) in [6.45, 7) is 0.692. The first-order chi connectivity index (χ1) is 8.65. The molecule has 0 radical (unpaired) electrons. The lowest BCUT2D eigenvalue weighted by Crippen LogP contribution is -2.08. The van der Waals surface area contributed by atoms with Gasteiger partial charge in [-0.15, -0.1) is 21.5 Å². The van der Waals surface area contributed by atoms with Gasteiger partial charge in [-0.05, 0) is 30.7 Å². The quantitative estimate of drug-likeness (QED) is 0.882. The van der Waals surface area contributed by atoms with E-state index in [9.17, 15) is 4.79 Å². The lowest BCUT2D eigenvalue weighted by molar-refractivity contribution is 0.0689. The van der Waals surface area contributed by atoms with Crippen LogP contribution in [0.3, 0.4) is 0 Å². The maximum absolute atomic E-state index is 10.6. The fourth-order valence-corrected chi connectivity index (χ4v) is 2.43. The first kappa shape index (κ1) is 12.8. The number of carboxylic acids is 1. The molecule has 0 fully saturated rings. The molecular weight excluding hydrogens is 274 g/mol. The minimum Gasteiger partial charge on any atom is -0.476 e. The third-order valence-corrected chi connectivity index (χ3v) is 3.48. The minimum absolute atomic E-state index is 0.0643. The molecule has 7 heteroatoms. The second-order valence-electron chi connectivity index (χ2n) is 3.49. The van der Waals surface area contributed by atoms with Gasteiger partial charge in [0.15, 0.2) is 5.69 Å². The van der Waals surface area contributed by atoms with Crippen molar-refractivity contribution in [1.82, 2.24) is 10.2 Å². The average molecular weight is 284 g/mol. The molecule has 94 valence electrons. The summed E-state index contributed by atoms with van der Waals surface area (Å²) in [6, 6.07) is 6.86. The highest BCUT2D eigenvalue weighted by atomic mass is 35.5. The van der Waals surface area contributed by atoms with Crippen LogP contribution >= 0.6 is 22.9 Å². The number of hydrogen-bond donors (Lipinski definition) is 2. The third-order valence-electron chi connectivity index (χ3n) is 2.19. The lowest BCUT2D eigenvalue weighted by atomic mass is 10.3. The Morgan fingerprint density at radius 3 is 2.72 bits per heavy atom. The zero-order chi connectivity index (χ0) is 13.0. The summed E-state index contributed by atoms with van der Waals surface area (Å²) in [4.78, 5) is 11.8. The Morgan fingerprint density at radius 1 is 1.33 bits per heavy atom. The highest BCUT2D eigenvalue weighted by molar-refractivity contribution is 7.16. The zero-order valence-corrected chi connectivity index (χ0v) is 10.8. The SMILES string of the molecule is O=C(O)c1ccc(NCCc2ccc(Cl)s2)nn1. The van der Waals surface area contributed by atoms with E-state index in [0.717, 1.165) is 10.8 Å². The molecule has 5 nitrogen and oxygen atoms in total. The number of halogens is 1. The first-order valence-electron chi connectivity index (χ1n) is 5.20. The summed E-state index contributed by atoms with van der Waals surface area (Å²) >= 11 is 7.36. The summed E-state index contributed by atoms with van der Waals surface area (Å²) in [7, 11) is 0. The predicted molar refractivity (Wildman–Crippen MR) is 70.5 cm³/mol. The Bertz CT molecular complexity index is 541.